The maximum Gasteiger partial charge on any atom is 0.0868 e. The van der Waals surface area contributed by atoms with E-state index in [9.17, 15) is 0 Å². The molecule has 0 aromatic carbocycles. The first-order valence-electron chi connectivity index (χ1n) is 6.54. The largest absolute Gasteiger partial charge is 0.374 e. The third kappa shape index (κ3) is 4.78. The highest BCUT2D eigenvalue weighted by atomic mass is 16.5. The topological polar surface area (TPSA) is 50.5 Å². The van der Waals surface area contributed by atoms with Gasteiger partial charge in [0.2, 0.25) is 0 Å². The minimum atomic E-state index is 0.255. The molecule has 0 aromatic heterocycles. The molecular weight excluding hydrogens is 202 g/mol. The quantitative estimate of drug-likeness (QED) is 0.390. The number of nitrogens with two attached hydrogens (primary N) is 1. The first kappa shape index (κ1) is 13.9. The van der Waals surface area contributed by atoms with Crippen LogP contribution in [0.1, 0.15) is 39.0 Å². The summed E-state index contributed by atoms with van der Waals surface area (Å²) in [6.45, 7) is 5.08. The van der Waals surface area contributed by atoms with Gasteiger partial charge in [-0.05, 0) is 13.5 Å². The maximum atomic E-state index is 5.77. The zero-order valence-corrected chi connectivity index (χ0v) is 10.7. The molecule has 1 rings (SSSR count). The molecule has 2 atom stereocenters. The Morgan fingerprint density at radius 3 is 2.88 bits per heavy atom. The molecule has 4 heteroatoms. The highest BCUT2D eigenvalue weighted by Gasteiger charge is 2.25. The van der Waals surface area contributed by atoms with Gasteiger partial charge in [0.1, 0.15) is 0 Å². The third-order valence-corrected chi connectivity index (χ3v) is 3.33. The Morgan fingerprint density at radius 1 is 1.44 bits per heavy atom. The van der Waals surface area contributed by atoms with E-state index in [1.165, 1.54) is 25.7 Å². The van der Waals surface area contributed by atoms with E-state index in [2.05, 4.69) is 24.3 Å². The van der Waals surface area contributed by atoms with Crippen LogP contribution in [0.5, 0.6) is 0 Å². The summed E-state index contributed by atoms with van der Waals surface area (Å²) in [6.07, 6.45) is 6.52. The van der Waals surface area contributed by atoms with Gasteiger partial charge in [-0.15, -0.1) is 0 Å². The second-order valence-electron chi connectivity index (χ2n) is 4.79. The van der Waals surface area contributed by atoms with Crippen molar-refractivity contribution in [2.45, 2.75) is 51.2 Å². The predicted molar refractivity (Wildman–Crippen MR) is 67.1 cm³/mol. The molecule has 4 nitrogen and oxygen atoms in total. The molecule has 1 aliphatic heterocycles. The van der Waals surface area contributed by atoms with Crippen LogP contribution < -0.4 is 11.3 Å². The van der Waals surface area contributed by atoms with Crippen LogP contribution in [0, 0.1) is 0 Å². The van der Waals surface area contributed by atoms with E-state index in [0.29, 0.717) is 6.04 Å². The molecule has 0 radical (unpaired) electrons. The van der Waals surface area contributed by atoms with Crippen molar-refractivity contribution in [3.05, 3.63) is 0 Å². The minimum Gasteiger partial charge on any atom is -0.374 e. The molecule has 0 saturated carbocycles. The summed E-state index contributed by atoms with van der Waals surface area (Å²) < 4.78 is 5.77. The van der Waals surface area contributed by atoms with Gasteiger partial charge in [0.15, 0.2) is 0 Å². The van der Waals surface area contributed by atoms with Crippen LogP contribution in [0.2, 0.25) is 0 Å². The van der Waals surface area contributed by atoms with Crippen molar-refractivity contribution < 1.29 is 4.74 Å². The lowest BCUT2D eigenvalue weighted by molar-refractivity contribution is -0.0402. The van der Waals surface area contributed by atoms with E-state index < -0.39 is 0 Å². The normalized spacial score (nSPS) is 24.6. The number of likely N-dealkylation sites (N-methyl/N-ethyl adjacent to an activating group) is 1. The Morgan fingerprint density at radius 2 is 2.25 bits per heavy atom. The number of ether oxygens (including phenoxy) is 1. The van der Waals surface area contributed by atoms with Crippen LogP contribution in [-0.4, -0.2) is 43.8 Å². The van der Waals surface area contributed by atoms with Gasteiger partial charge >= 0.3 is 0 Å². The molecular formula is C12H27N3O. The van der Waals surface area contributed by atoms with Crippen LogP contribution in [-0.2, 0) is 4.74 Å². The molecule has 0 amide bonds. The molecule has 0 bridgehead atoms. The van der Waals surface area contributed by atoms with Gasteiger partial charge < -0.3 is 9.64 Å². The van der Waals surface area contributed by atoms with Gasteiger partial charge in [0.05, 0.1) is 12.7 Å². The maximum absolute atomic E-state index is 5.77. The summed E-state index contributed by atoms with van der Waals surface area (Å²) >= 11 is 0. The van der Waals surface area contributed by atoms with Crippen LogP contribution in [0.15, 0.2) is 0 Å². The second-order valence-corrected chi connectivity index (χ2v) is 4.79. The van der Waals surface area contributed by atoms with E-state index in [1.807, 2.05) is 0 Å². The molecule has 96 valence electrons. The number of nitrogens with zero attached hydrogens (tertiary/aromatic N) is 1. The Labute approximate surface area is 99.5 Å². The van der Waals surface area contributed by atoms with Gasteiger partial charge in [-0.2, -0.15) is 0 Å². The zero-order chi connectivity index (χ0) is 11.8. The lowest BCUT2D eigenvalue weighted by atomic mass is 10.0. The summed E-state index contributed by atoms with van der Waals surface area (Å²) in [5.41, 5.74) is 2.92. The SMILES string of the molecule is CCCCCCC(NN)C1CN(C)CCO1. The molecule has 3 N–H and O–H groups in total. The molecule has 0 aromatic rings. The first-order chi connectivity index (χ1) is 7.77. The zero-order valence-electron chi connectivity index (χ0n) is 10.7. The van der Waals surface area contributed by atoms with E-state index >= 15 is 0 Å². The number of morpholine rings is 1. The fraction of sp³-hybridized carbons (Fsp3) is 1.00. The van der Waals surface area contributed by atoms with Crippen molar-refractivity contribution >= 4 is 0 Å². The van der Waals surface area contributed by atoms with Crippen LogP contribution in [0.3, 0.4) is 0 Å². The van der Waals surface area contributed by atoms with Gasteiger partial charge in [-0.1, -0.05) is 32.6 Å². The highest BCUT2D eigenvalue weighted by Crippen LogP contribution is 2.13. The smallest absolute Gasteiger partial charge is 0.0868 e. The number of hydrazine groups is 1. The van der Waals surface area contributed by atoms with Crippen molar-refractivity contribution in [1.29, 1.82) is 0 Å². The van der Waals surface area contributed by atoms with E-state index in [-0.39, 0.29) is 6.10 Å². The summed E-state index contributed by atoms with van der Waals surface area (Å²) in [5, 5.41) is 0. The molecule has 1 saturated heterocycles. The van der Waals surface area contributed by atoms with Gasteiger partial charge in [0, 0.05) is 19.1 Å². The minimum absolute atomic E-state index is 0.255. The molecule has 1 heterocycles. The molecule has 0 aliphatic carbocycles. The fourth-order valence-electron chi connectivity index (χ4n) is 2.22. The molecule has 2 unspecified atom stereocenters. The molecule has 1 aliphatic rings. The van der Waals surface area contributed by atoms with Gasteiger partial charge in [-0.25, -0.2) is 0 Å². The molecule has 1 fully saturated rings. The first-order valence-corrected chi connectivity index (χ1v) is 6.54. The van der Waals surface area contributed by atoms with Gasteiger partial charge in [-0.3, -0.25) is 11.3 Å². The van der Waals surface area contributed by atoms with Crippen LogP contribution in [0.4, 0.5) is 0 Å². The van der Waals surface area contributed by atoms with E-state index in [1.54, 1.807) is 0 Å². The van der Waals surface area contributed by atoms with Crippen molar-refractivity contribution in [3.63, 3.8) is 0 Å². The van der Waals surface area contributed by atoms with Crippen molar-refractivity contribution in [1.82, 2.24) is 10.3 Å². The standard InChI is InChI=1S/C12H27N3O/c1-3-4-5-6-7-11(14-13)12-10-15(2)8-9-16-12/h11-12,14H,3-10,13H2,1-2H3. The van der Waals surface area contributed by atoms with Crippen molar-refractivity contribution in [3.8, 4) is 0 Å². The van der Waals surface area contributed by atoms with E-state index in [4.69, 9.17) is 10.6 Å². The monoisotopic (exact) mass is 229 g/mol. The highest BCUT2D eigenvalue weighted by molar-refractivity contribution is 4.80. The number of hydrogen-bond acceptors (Lipinski definition) is 4. The number of rotatable bonds is 7. The summed E-state index contributed by atoms with van der Waals surface area (Å²) in [6, 6.07) is 0.305. The van der Waals surface area contributed by atoms with Gasteiger partial charge in [0.25, 0.3) is 0 Å². The van der Waals surface area contributed by atoms with Crippen LogP contribution >= 0.6 is 0 Å². The number of hydrogen-bond donors (Lipinski definition) is 2. The summed E-state index contributed by atoms with van der Waals surface area (Å²) in [5.74, 6) is 5.62. The Hall–Kier alpha value is -0.160. The Kier molecular flexibility index (Phi) is 6.96. The lowest BCUT2D eigenvalue weighted by Gasteiger charge is -2.34. The predicted octanol–water partition coefficient (Wildman–Crippen LogP) is 1.12. The average Bonchev–Trinajstić information content (AvgIpc) is 2.29. The number of unbranched alkanes of at least 4 members (excludes halogenated alkanes) is 3. The third-order valence-electron chi connectivity index (χ3n) is 3.33. The van der Waals surface area contributed by atoms with Crippen molar-refractivity contribution in [2.24, 2.45) is 5.84 Å². The summed E-state index contributed by atoms with van der Waals surface area (Å²) in [7, 11) is 2.14. The van der Waals surface area contributed by atoms with Crippen molar-refractivity contribution in [2.75, 3.05) is 26.7 Å². The fourth-order valence-corrected chi connectivity index (χ4v) is 2.22. The lowest BCUT2D eigenvalue weighted by Crippen LogP contribution is -2.53. The molecule has 16 heavy (non-hydrogen) atoms. The average molecular weight is 229 g/mol. The Bertz CT molecular complexity index is 178. The van der Waals surface area contributed by atoms with Crippen LogP contribution in [0.25, 0.3) is 0 Å². The number of nitrogens with one attached hydrogen (secondary N) is 1. The second kappa shape index (κ2) is 8.01. The van der Waals surface area contributed by atoms with E-state index in [0.717, 1.165) is 26.1 Å². The Balaban J connectivity index is 2.23. The summed E-state index contributed by atoms with van der Waals surface area (Å²) in [4.78, 5) is 2.31. The molecule has 0 spiro atoms.